The van der Waals surface area contributed by atoms with Crippen molar-refractivity contribution in [3.8, 4) is 18.6 Å². The zero-order chi connectivity index (χ0) is 43.8. The van der Waals surface area contributed by atoms with Gasteiger partial charge in [-0.2, -0.15) is 11.8 Å². The number of likely N-dealkylation sites (N-methyl/N-ethyl adjacent to an activating group) is 1. The summed E-state index contributed by atoms with van der Waals surface area (Å²) in [5.74, 6) is -0.905. The second-order valence-electron chi connectivity index (χ2n) is 14.3. The Morgan fingerprint density at radius 3 is 2.40 bits per heavy atom. The third kappa shape index (κ3) is 14.2. The molecule has 0 spiro atoms. The van der Waals surface area contributed by atoms with Gasteiger partial charge in [0.25, 0.3) is 0 Å². The number of fused-ring (bicyclic) bond motifs is 5. The molecule has 1 aromatic rings. The van der Waals surface area contributed by atoms with E-state index in [2.05, 4.69) is 25.1 Å². The third-order valence-corrected chi connectivity index (χ3v) is 11.8. The number of epoxide rings is 1. The van der Waals surface area contributed by atoms with Crippen LogP contribution in [-0.4, -0.2) is 114 Å². The first-order valence-electron chi connectivity index (χ1n) is 19.0. The highest BCUT2D eigenvalue weighted by molar-refractivity contribution is 7.99. The van der Waals surface area contributed by atoms with Crippen LogP contribution in [0.4, 0.5) is 10.5 Å². The van der Waals surface area contributed by atoms with Crippen molar-refractivity contribution in [1.29, 1.82) is 0 Å². The smallest absolute Gasteiger partial charge is 0.409 e. The van der Waals surface area contributed by atoms with E-state index in [1.54, 1.807) is 43.0 Å². The Morgan fingerprint density at radius 1 is 1.21 bits per heavy atom. The van der Waals surface area contributed by atoms with Crippen molar-refractivity contribution in [3.05, 3.63) is 46.5 Å². The van der Waals surface area contributed by atoms with Gasteiger partial charge in [-0.15, -0.1) is 12.8 Å². The molecule has 4 rings (SSSR count). The number of thioether (sulfide) groups is 1. The fourth-order valence-corrected chi connectivity index (χ4v) is 7.13. The summed E-state index contributed by atoms with van der Waals surface area (Å²) in [6, 6.07) is 3.01. The first kappa shape index (κ1) is 51.3. The largest absolute Gasteiger partial charge is 0.495 e. The number of nitrogens with zero attached hydrogens (tertiary/aromatic N) is 2. The number of aliphatic hydroxyl groups is 1. The van der Waals surface area contributed by atoms with Crippen LogP contribution in [0.25, 0.3) is 0 Å². The number of carbonyl (C=O) groups is 4. The molecule has 13 nitrogen and oxygen atoms in total. The minimum absolute atomic E-state index is 0.104. The molecular weight excluding hydrogens is 774 g/mol. The molecule has 3 aliphatic heterocycles. The van der Waals surface area contributed by atoms with E-state index >= 15 is 0 Å². The van der Waals surface area contributed by atoms with Gasteiger partial charge in [0.15, 0.2) is 5.72 Å². The molecular formula is C42H64ClN3O10S. The molecule has 320 valence electrons. The number of benzene rings is 1. The molecule has 4 bridgehead atoms. The second-order valence-corrected chi connectivity index (χ2v) is 16.0. The Kier molecular flexibility index (Phi) is 21.2. The van der Waals surface area contributed by atoms with Crippen molar-refractivity contribution in [1.82, 2.24) is 10.2 Å². The molecule has 2 fully saturated rings. The molecule has 57 heavy (non-hydrogen) atoms. The number of allylic oxidation sites excluding steroid dienone is 3. The zero-order valence-corrected chi connectivity index (χ0v) is 37.2. The quantitative estimate of drug-likeness (QED) is 0.185. The normalized spacial score (nSPS) is 28.1. The molecule has 3 aliphatic rings. The maximum atomic E-state index is 13.2. The summed E-state index contributed by atoms with van der Waals surface area (Å²) in [6.45, 7) is 13.4. The van der Waals surface area contributed by atoms with Crippen LogP contribution in [0.2, 0.25) is 5.02 Å². The van der Waals surface area contributed by atoms with E-state index in [4.69, 9.17) is 35.7 Å². The van der Waals surface area contributed by atoms with Gasteiger partial charge in [-0.1, -0.05) is 63.1 Å². The zero-order valence-electron chi connectivity index (χ0n) is 35.6. The Morgan fingerprint density at radius 2 is 1.84 bits per heavy atom. The number of methoxy groups -OCH3 is 2. The van der Waals surface area contributed by atoms with E-state index in [9.17, 15) is 24.3 Å². The number of terminal acetylenes is 1. The maximum absolute atomic E-state index is 13.2. The monoisotopic (exact) mass is 837 g/mol. The number of anilines is 1. The van der Waals surface area contributed by atoms with E-state index in [0.717, 1.165) is 17.6 Å². The summed E-state index contributed by atoms with van der Waals surface area (Å²) in [4.78, 5) is 50.7. The van der Waals surface area contributed by atoms with Gasteiger partial charge in [0, 0.05) is 51.6 Å². The molecule has 3 N–H and O–H groups in total. The second kappa shape index (κ2) is 23.6. The van der Waals surface area contributed by atoms with Crippen LogP contribution in [0.15, 0.2) is 35.9 Å². The first-order valence-corrected chi connectivity index (χ1v) is 20.7. The summed E-state index contributed by atoms with van der Waals surface area (Å²) in [5.41, 5.74) is 0.297. The van der Waals surface area contributed by atoms with Gasteiger partial charge in [0.2, 0.25) is 11.8 Å². The van der Waals surface area contributed by atoms with E-state index in [0.29, 0.717) is 41.0 Å². The van der Waals surface area contributed by atoms with Gasteiger partial charge in [0.05, 0.1) is 24.5 Å². The third-order valence-electron chi connectivity index (χ3n) is 10.3. The summed E-state index contributed by atoms with van der Waals surface area (Å²) in [7, 11) is 6.27. The summed E-state index contributed by atoms with van der Waals surface area (Å²) >= 11 is 8.31. The molecule has 3 amide bonds. The summed E-state index contributed by atoms with van der Waals surface area (Å²) in [6.07, 6.45) is 15.7. The number of halogens is 1. The minimum atomic E-state index is -1.66. The maximum Gasteiger partial charge on any atom is 0.409 e. The number of carboxylic acids is 1. The van der Waals surface area contributed by atoms with Crippen molar-refractivity contribution in [2.75, 3.05) is 39.5 Å². The topological polar surface area (TPSA) is 167 Å². The number of alkyl carbamates (subject to hydrolysis) is 1. The number of hydrogen-bond donors (Lipinski definition) is 3. The number of ether oxygens (including phenoxy) is 4. The molecule has 3 heterocycles. The Hall–Kier alpha value is -3.74. The fourth-order valence-electron chi connectivity index (χ4n) is 6.47. The Labute approximate surface area is 348 Å². The van der Waals surface area contributed by atoms with E-state index in [-0.39, 0.29) is 36.7 Å². The van der Waals surface area contributed by atoms with Crippen molar-refractivity contribution in [3.63, 3.8) is 0 Å². The lowest BCUT2D eigenvalue weighted by atomic mass is 9.84. The molecule has 2 saturated heterocycles. The van der Waals surface area contributed by atoms with Crippen LogP contribution in [0.1, 0.15) is 86.1 Å². The average molecular weight is 839 g/mol. The lowest BCUT2D eigenvalue weighted by Crippen LogP contribution is -2.63. The number of rotatable bonds is 8. The first-order chi connectivity index (χ1) is 26.8. The van der Waals surface area contributed by atoms with Crippen LogP contribution in [0.5, 0.6) is 5.75 Å². The predicted molar refractivity (Wildman–Crippen MR) is 227 cm³/mol. The van der Waals surface area contributed by atoms with Crippen LogP contribution in [-0.2, 0) is 35.0 Å². The van der Waals surface area contributed by atoms with Gasteiger partial charge in [0.1, 0.15) is 29.0 Å². The van der Waals surface area contributed by atoms with Crippen molar-refractivity contribution >= 4 is 52.9 Å². The van der Waals surface area contributed by atoms with Crippen LogP contribution >= 0.6 is 23.4 Å². The van der Waals surface area contributed by atoms with E-state index < -0.39 is 41.6 Å². The number of amides is 3. The molecule has 0 aromatic heterocycles. The van der Waals surface area contributed by atoms with Crippen molar-refractivity contribution < 1.29 is 48.3 Å². The van der Waals surface area contributed by atoms with E-state index in [1.807, 2.05) is 59.1 Å². The lowest BCUT2D eigenvalue weighted by molar-refractivity contribution is -0.148. The van der Waals surface area contributed by atoms with E-state index in [1.165, 1.54) is 26.0 Å². The summed E-state index contributed by atoms with van der Waals surface area (Å²) < 4.78 is 22.7. The van der Waals surface area contributed by atoms with Crippen molar-refractivity contribution in [2.45, 2.75) is 128 Å². The Bertz CT molecular complexity index is 1600. The van der Waals surface area contributed by atoms with Gasteiger partial charge in [-0.25, -0.2) is 9.59 Å². The predicted octanol–water partition coefficient (Wildman–Crippen LogP) is 6.87. The number of carboxylic acid groups (broad SMARTS) is 1. The molecule has 0 radical (unpaired) electrons. The van der Waals surface area contributed by atoms with Gasteiger partial charge >= 0.3 is 12.1 Å². The molecule has 0 saturated carbocycles. The average Bonchev–Trinajstić information content (AvgIpc) is 3.88. The number of nitrogens with one attached hydrogen (secondary N) is 1. The SMILES string of the molecule is C#C.CC.COc1cc2cc(c1Cl)N(C)C(=O)CC[C@]1(C)O[C@H]1[C@H](C)[C@@H]1C[C@@](O)(NC(=O)O1)[C@H](OC)/C=C/C=C(\C)C2.CSC(C)CCC(=O)N(C)[C@@H](C)C(=O)O. The molecule has 1 unspecified atom stereocenters. The van der Waals surface area contributed by atoms with Gasteiger partial charge in [-0.3, -0.25) is 14.9 Å². The molecule has 0 aliphatic carbocycles. The minimum Gasteiger partial charge on any atom is -0.495 e. The molecule has 15 heteroatoms. The van der Waals surface area contributed by atoms with Crippen LogP contribution in [0, 0.1) is 18.8 Å². The lowest BCUT2D eigenvalue weighted by Gasteiger charge is -2.42. The van der Waals surface area contributed by atoms with Gasteiger partial charge in [-0.05, 0) is 64.0 Å². The highest BCUT2D eigenvalue weighted by atomic mass is 35.5. The van der Waals surface area contributed by atoms with Crippen LogP contribution < -0.4 is 15.0 Å². The fraction of sp³-hybridized carbons (Fsp3) is 0.619. The molecule has 8 atom stereocenters. The van der Waals surface area contributed by atoms with Crippen LogP contribution in [0.3, 0.4) is 0 Å². The summed E-state index contributed by atoms with van der Waals surface area (Å²) in [5, 5.41) is 23.5. The standard InChI is InChI=1S/C28H37ClN2O7.C10H19NO3S.C2H6.C2H2/c1-16-8-7-9-22(36-6)28(34)15-21(37-26(33)30-28)17(2)25-27(3,38-25)11-10-23(32)31(4)19-13-18(12-16)14-20(35-5)24(19)29;1-7(15-4)5-6-9(12)11(3)8(2)10(13)14;2*1-2/h7-9,13-14,17,21-22,25,34H,10-12,15H2,1-6H3,(H,30,33);7-8H,5-6H2,1-4H3,(H,13,14);1-2H3;1-2H/b9-7+,16-8+;;;/t17-,21+,22-,25+,27+,28+;7?,8-;;/m10../s1. The number of hydrogen-bond acceptors (Lipinski definition) is 10. The highest BCUT2D eigenvalue weighted by Gasteiger charge is 2.58. The number of carbonyl (C=O) groups excluding carboxylic acids is 3. The molecule has 1 aromatic carbocycles. The Balaban J connectivity index is 0.000000720. The van der Waals surface area contributed by atoms with Gasteiger partial charge < -0.3 is 39.0 Å². The van der Waals surface area contributed by atoms with Crippen molar-refractivity contribution in [2.24, 2.45) is 5.92 Å². The highest BCUT2D eigenvalue weighted by Crippen LogP contribution is 2.48. The number of aliphatic carboxylic acids is 1.